The average molecular weight is 314 g/mol. The zero-order valence-corrected chi connectivity index (χ0v) is 14.8. The van der Waals surface area contributed by atoms with Crippen LogP contribution in [-0.4, -0.2) is 66.4 Å². The summed E-state index contributed by atoms with van der Waals surface area (Å²) in [7, 11) is 1.00. The van der Waals surface area contributed by atoms with Gasteiger partial charge in [0.25, 0.3) is 0 Å². The van der Waals surface area contributed by atoms with Gasteiger partial charge in [-0.3, -0.25) is 4.90 Å². The quantitative estimate of drug-likeness (QED) is 0.851. The molecule has 5 nitrogen and oxygen atoms in total. The second-order valence-electron chi connectivity index (χ2n) is 7.27. The van der Waals surface area contributed by atoms with E-state index in [1.165, 1.54) is 38.6 Å². The normalized spacial score (nSPS) is 21.0. The molecule has 2 fully saturated rings. The molecule has 5 heteroatoms. The molecule has 0 aromatic carbocycles. The molecule has 0 radical (unpaired) electrons. The van der Waals surface area contributed by atoms with Crippen molar-refractivity contribution in [1.82, 2.24) is 9.80 Å². The van der Waals surface area contributed by atoms with Crippen LogP contribution in [0.5, 0.6) is 0 Å². The molecule has 0 aromatic heterocycles. The molecule has 0 atom stereocenters. The van der Waals surface area contributed by atoms with Crippen LogP contribution in [0.3, 0.4) is 0 Å². The second-order valence-corrected chi connectivity index (χ2v) is 7.27. The average Bonchev–Trinajstić information content (AvgIpc) is 2.49. The van der Waals surface area contributed by atoms with Crippen LogP contribution in [0.1, 0.15) is 52.9 Å². The van der Waals surface area contributed by atoms with E-state index in [0.717, 1.165) is 39.2 Å². The lowest BCUT2D eigenvalue weighted by molar-refractivity contribution is 0.0128. The molecule has 1 saturated heterocycles. The van der Waals surface area contributed by atoms with Gasteiger partial charge in [-0.2, -0.15) is 0 Å². The lowest BCUT2D eigenvalue weighted by Gasteiger charge is -2.37. The van der Waals surface area contributed by atoms with Gasteiger partial charge in [-0.25, -0.2) is 4.79 Å². The summed E-state index contributed by atoms with van der Waals surface area (Å²) in [6.07, 6.45) is 6.86. The topological polar surface area (TPSA) is 53.0 Å². The summed E-state index contributed by atoms with van der Waals surface area (Å²) >= 11 is 0. The molecule has 0 aromatic rings. The maximum Gasteiger partial charge on any atom is 0.410 e. The van der Waals surface area contributed by atoms with E-state index in [9.17, 15) is 4.79 Å². The fraction of sp³-hybridized carbons (Fsp3) is 0.941. The van der Waals surface area contributed by atoms with E-state index < -0.39 is 5.60 Å². The van der Waals surface area contributed by atoms with Crippen LogP contribution in [0.15, 0.2) is 0 Å². The van der Waals surface area contributed by atoms with Gasteiger partial charge in [-0.05, 0) is 39.5 Å². The fourth-order valence-electron chi connectivity index (χ4n) is 3.17. The van der Waals surface area contributed by atoms with Gasteiger partial charge in [0.15, 0.2) is 0 Å². The third-order valence-corrected chi connectivity index (χ3v) is 4.27. The van der Waals surface area contributed by atoms with E-state index >= 15 is 0 Å². The Balaban J connectivity index is 0.00000116. The van der Waals surface area contributed by atoms with Crippen molar-refractivity contribution in [3.63, 3.8) is 0 Å². The minimum Gasteiger partial charge on any atom is -0.444 e. The monoisotopic (exact) mass is 314 g/mol. The molecule has 1 aliphatic heterocycles. The molecule has 2 rings (SSSR count). The fourth-order valence-corrected chi connectivity index (χ4v) is 3.17. The van der Waals surface area contributed by atoms with Crippen molar-refractivity contribution >= 4 is 6.09 Å². The van der Waals surface area contributed by atoms with Crippen LogP contribution >= 0.6 is 0 Å². The second kappa shape index (κ2) is 9.36. The Bertz CT molecular complexity index is 314. The highest BCUT2D eigenvalue weighted by Gasteiger charge is 2.27. The Morgan fingerprint density at radius 2 is 1.59 bits per heavy atom. The lowest BCUT2D eigenvalue weighted by Crippen LogP contribution is -2.51. The SMILES string of the molecule is CC(C)(C)OC(=O)N1CCN(CC2CCCCC2)CC1.CO. The van der Waals surface area contributed by atoms with E-state index in [-0.39, 0.29) is 6.09 Å². The molecular weight excluding hydrogens is 280 g/mol. The molecule has 1 amide bonds. The van der Waals surface area contributed by atoms with Crippen LogP contribution in [0.4, 0.5) is 4.79 Å². The summed E-state index contributed by atoms with van der Waals surface area (Å²) in [5, 5.41) is 7.00. The molecule has 0 spiro atoms. The van der Waals surface area contributed by atoms with E-state index in [4.69, 9.17) is 9.84 Å². The van der Waals surface area contributed by atoms with Crippen molar-refractivity contribution in [2.24, 2.45) is 5.92 Å². The molecule has 2 aliphatic rings. The highest BCUT2D eigenvalue weighted by Crippen LogP contribution is 2.24. The maximum absolute atomic E-state index is 12.0. The van der Waals surface area contributed by atoms with E-state index in [1.807, 2.05) is 25.7 Å². The van der Waals surface area contributed by atoms with Crippen LogP contribution in [0, 0.1) is 5.92 Å². The summed E-state index contributed by atoms with van der Waals surface area (Å²) in [5.74, 6) is 0.886. The first-order valence-corrected chi connectivity index (χ1v) is 8.59. The highest BCUT2D eigenvalue weighted by atomic mass is 16.6. The van der Waals surface area contributed by atoms with E-state index in [0.29, 0.717) is 0 Å². The Labute approximate surface area is 135 Å². The number of rotatable bonds is 2. The van der Waals surface area contributed by atoms with Crippen LogP contribution in [0.25, 0.3) is 0 Å². The highest BCUT2D eigenvalue weighted by molar-refractivity contribution is 5.68. The van der Waals surface area contributed by atoms with Gasteiger partial charge >= 0.3 is 6.09 Å². The zero-order valence-electron chi connectivity index (χ0n) is 14.8. The van der Waals surface area contributed by atoms with Crippen molar-refractivity contribution in [2.75, 3.05) is 39.8 Å². The predicted molar refractivity (Wildman–Crippen MR) is 89.0 cm³/mol. The number of nitrogens with zero attached hydrogens (tertiary/aromatic N) is 2. The van der Waals surface area contributed by atoms with Crippen molar-refractivity contribution < 1.29 is 14.6 Å². The number of amides is 1. The van der Waals surface area contributed by atoms with Gasteiger partial charge in [-0.1, -0.05) is 19.3 Å². The van der Waals surface area contributed by atoms with Crippen LogP contribution in [0.2, 0.25) is 0 Å². The molecule has 0 bridgehead atoms. The van der Waals surface area contributed by atoms with Crippen molar-refractivity contribution in [1.29, 1.82) is 0 Å². The Kier molecular flexibility index (Phi) is 8.18. The van der Waals surface area contributed by atoms with Crippen LogP contribution < -0.4 is 0 Å². The summed E-state index contributed by atoms with van der Waals surface area (Å²) < 4.78 is 5.43. The number of ether oxygens (including phenoxy) is 1. The van der Waals surface area contributed by atoms with Gasteiger partial charge in [-0.15, -0.1) is 0 Å². The third kappa shape index (κ3) is 6.97. The standard InChI is InChI=1S/C16H30N2O2.CH4O/c1-16(2,3)20-15(19)18-11-9-17(10-12-18)13-14-7-5-4-6-8-14;1-2/h14H,4-13H2,1-3H3;2H,1H3. The summed E-state index contributed by atoms with van der Waals surface area (Å²) in [6, 6.07) is 0. The largest absolute Gasteiger partial charge is 0.444 e. The minimum atomic E-state index is -0.393. The van der Waals surface area contributed by atoms with Crippen molar-refractivity contribution in [3.8, 4) is 0 Å². The molecule has 1 saturated carbocycles. The number of piperazine rings is 1. The first-order valence-electron chi connectivity index (χ1n) is 8.59. The number of carbonyl (C=O) groups excluding carboxylic acids is 1. The lowest BCUT2D eigenvalue weighted by atomic mass is 9.89. The Morgan fingerprint density at radius 3 is 2.09 bits per heavy atom. The number of carbonyl (C=O) groups is 1. The number of hydrogen-bond acceptors (Lipinski definition) is 4. The first kappa shape index (κ1) is 19.2. The molecule has 1 heterocycles. The molecule has 1 N–H and O–H groups in total. The smallest absolute Gasteiger partial charge is 0.410 e. The first-order chi connectivity index (χ1) is 10.4. The van der Waals surface area contributed by atoms with Gasteiger partial charge in [0.05, 0.1) is 0 Å². The van der Waals surface area contributed by atoms with Crippen LogP contribution in [-0.2, 0) is 4.74 Å². The molecule has 130 valence electrons. The number of aliphatic hydroxyl groups is 1. The molecular formula is C17H34N2O3. The zero-order chi connectivity index (χ0) is 16.6. The molecule has 1 aliphatic carbocycles. The summed E-state index contributed by atoms with van der Waals surface area (Å²) in [5.41, 5.74) is -0.393. The van der Waals surface area contributed by atoms with Gasteiger partial charge in [0.2, 0.25) is 0 Å². The summed E-state index contributed by atoms with van der Waals surface area (Å²) in [4.78, 5) is 16.4. The summed E-state index contributed by atoms with van der Waals surface area (Å²) in [6.45, 7) is 10.6. The number of aliphatic hydroxyl groups excluding tert-OH is 1. The van der Waals surface area contributed by atoms with Crippen molar-refractivity contribution in [3.05, 3.63) is 0 Å². The minimum absolute atomic E-state index is 0.158. The van der Waals surface area contributed by atoms with E-state index in [1.54, 1.807) is 0 Å². The Hall–Kier alpha value is -0.810. The third-order valence-electron chi connectivity index (χ3n) is 4.27. The van der Waals surface area contributed by atoms with Crippen molar-refractivity contribution in [2.45, 2.75) is 58.5 Å². The Morgan fingerprint density at radius 1 is 1.05 bits per heavy atom. The van der Waals surface area contributed by atoms with E-state index in [2.05, 4.69) is 4.90 Å². The molecule has 22 heavy (non-hydrogen) atoms. The predicted octanol–water partition coefficient (Wildman–Crippen LogP) is 2.73. The van der Waals surface area contributed by atoms with Gasteiger partial charge < -0.3 is 14.7 Å². The van der Waals surface area contributed by atoms with Gasteiger partial charge in [0.1, 0.15) is 5.60 Å². The molecule has 0 unspecified atom stereocenters. The number of hydrogen-bond donors (Lipinski definition) is 1. The maximum atomic E-state index is 12.0. The van der Waals surface area contributed by atoms with Gasteiger partial charge in [0, 0.05) is 39.8 Å².